The fourth-order valence-corrected chi connectivity index (χ4v) is 1.89. The zero-order valence-corrected chi connectivity index (χ0v) is 10.5. The van der Waals surface area contributed by atoms with Gasteiger partial charge in [0, 0.05) is 26.3 Å². The summed E-state index contributed by atoms with van der Waals surface area (Å²) >= 11 is 0. The Balaban J connectivity index is 2.58. The number of hydrogen-bond donors (Lipinski definition) is 0. The second-order valence-corrected chi connectivity index (χ2v) is 4.42. The quantitative estimate of drug-likeness (QED) is 0.603. The van der Waals surface area contributed by atoms with Gasteiger partial charge in [0.2, 0.25) is 5.79 Å². The van der Waals surface area contributed by atoms with Gasteiger partial charge in [0.05, 0.1) is 7.11 Å². The number of carbonyl (C=O) groups is 2. The molecule has 0 radical (unpaired) electrons. The van der Waals surface area contributed by atoms with E-state index < -0.39 is 11.8 Å². The number of carbonyl (C=O) groups excluding carboxylic acids is 2. The normalized spacial score (nSPS) is 16.3. The van der Waals surface area contributed by atoms with Crippen LogP contribution < -0.4 is 9.47 Å². The van der Waals surface area contributed by atoms with Gasteiger partial charge < -0.3 is 19.0 Å². The van der Waals surface area contributed by atoms with E-state index in [0.29, 0.717) is 22.6 Å². The van der Waals surface area contributed by atoms with Crippen molar-refractivity contribution >= 4 is 12.3 Å². The highest BCUT2D eigenvalue weighted by molar-refractivity contribution is 5.96. The first kappa shape index (κ1) is 12.4. The first-order valence-electron chi connectivity index (χ1n) is 5.54. The van der Waals surface area contributed by atoms with Crippen molar-refractivity contribution in [2.45, 2.75) is 26.1 Å². The summed E-state index contributed by atoms with van der Waals surface area (Å²) in [5.41, 5.74) is 0.835. The lowest BCUT2D eigenvalue weighted by molar-refractivity contribution is -0.127. The Labute approximate surface area is 105 Å². The molecule has 1 aromatic rings. The van der Waals surface area contributed by atoms with E-state index in [0.717, 1.165) is 6.29 Å². The number of cyclic esters (lactones) is 1. The smallest absolute Gasteiger partial charge is 0.345 e. The molecule has 0 saturated heterocycles. The Bertz CT molecular complexity index is 504. The third-order valence-corrected chi connectivity index (χ3v) is 2.59. The molecule has 18 heavy (non-hydrogen) atoms. The van der Waals surface area contributed by atoms with Crippen molar-refractivity contribution in [3.63, 3.8) is 0 Å². The van der Waals surface area contributed by atoms with Crippen LogP contribution in [0, 0.1) is 0 Å². The number of rotatable bonds is 3. The fraction of sp³-hybridized carbons (Fsp3) is 0.385. The molecule has 0 bridgehead atoms. The summed E-state index contributed by atoms with van der Waals surface area (Å²) in [6.07, 6.45) is 0.834. The molecule has 96 valence electrons. The van der Waals surface area contributed by atoms with E-state index >= 15 is 0 Å². The lowest BCUT2D eigenvalue weighted by Gasteiger charge is -2.32. The maximum absolute atomic E-state index is 11.9. The van der Waals surface area contributed by atoms with E-state index in [9.17, 15) is 9.59 Å². The highest BCUT2D eigenvalue weighted by Crippen LogP contribution is 2.36. The van der Waals surface area contributed by atoms with Crippen molar-refractivity contribution in [3.05, 3.63) is 23.3 Å². The van der Waals surface area contributed by atoms with Crippen LogP contribution in [0.2, 0.25) is 0 Å². The molecule has 2 rings (SSSR count). The largest absolute Gasteiger partial charge is 0.497 e. The van der Waals surface area contributed by atoms with Crippen LogP contribution >= 0.6 is 0 Å². The van der Waals surface area contributed by atoms with Gasteiger partial charge in [-0.15, -0.1) is 0 Å². The van der Waals surface area contributed by atoms with E-state index in [-0.39, 0.29) is 6.42 Å². The van der Waals surface area contributed by atoms with Crippen LogP contribution in [0.1, 0.15) is 29.8 Å². The molecule has 1 aliphatic heterocycles. The van der Waals surface area contributed by atoms with E-state index in [2.05, 4.69) is 0 Å². The van der Waals surface area contributed by atoms with Crippen LogP contribution in [0.15, 0.2) is 12.1 Å². The van der Waals surface area contributed by atoms with Gasteiger partial charge in [0.15, 0.2) is 0 Å². The van der Waals surface area contributed by atoms with Crippen molar-refractivity contribution in [2.24, 2.45) is 0 Å². The summed E-state index contributed by atoms with van der Waals surface area (Å²) in [7, 11) is 1.51. The molecule has 0 fully saturated rings. The van der Waals surface area contributed by atoms with Crippen molar-refractivity contribution in [1.29, 1.82) is 0 Å². The molecule has 5 heteroatoms. The van der Waals surface area contributed by atoms with Crippen molar-refractivity contribution < 1.29 is 23.8 Å². The van der Waals surface area contributed by atoms with Crippen molar-refractivity contribution in [3.8, 4) is 11.5 Å². The first-order valence-corrected chi connectivity index (χ1v) is 5.54. The third kappa shape index (κ3) is 2.16. The van der Waals surface area contributed by atoms with Gasteiger partial charge >= 0.3 is 5.97 Å². The lowest BCUT2D eigenvalue weighted by atomic mass is 10.0. The minimum atomic E-state index is -1.02. The number of methoxy groups -OCH3 is 1. The highest BCUT2D eigenvalue weighted by Gasteiger charge is 2.35. The molecule has 0 aromatic heterocycles. The van der Waals surface area contributed by atoms with Crippen LogP contribution in [0.25, 0.3) is 0 Å². The summed E-state index contributed by atoms with van der Waals surface area (Å²) in [4.78, 5) is 22.6. The Kier molecular flexibility index (Phi) is 2.98. The molecule has 0 unspecified atom stereocenters. The SMILES string of the molecule is COc1cc(CC=O)c2c(c1)OC(C)(C)OC2=O. The fourth-order valence-electron chi connectivity index (χ4n) is 1.89. The number of hydrogen-bond acceptors (Lipinski definition) is 5. The zero-order valence-electron chi connectivity index (χ0n) is 10.5. The minimum absolute atomic E-state index is 0.110. The van der Waals surface area contributed by atoms with Crippen LogP contribution in [-0.4, -0.2) is 25.2 Å². The van der Waals surface area contributed by atoms with Gasteiger partial charge in [0.1, 0.15) is 23.3 Å². The third-order valence-electron chi connectivity index (χ3n) is 2.59. The summed E-state index contributed by atoms with van der Waals surface area (Å²) < 4.78 is 15.8. The van der Waals surface area contributed by atoms with Crippen LogP contribution in [0.3, 0.4) is 0 Å². The maximum atomic E-state index is 11.9. The number of esters is 1. The van der Waals surface area contributed by atoms with Gasteiger partial charge in [-0.1, -0.05) is 0 Å². The summed E-state index contributed by atoms with van der Waals surface area (Å²) in [5.74, 6) is -0.584. The Hall–Kier alpha value is -2.04. The van der Waals surface area contributed by atoms with Gasteiger partial charge in [-0.05, 0) is 11.6 Å². The minimum Gasteiger partial charge on any atom is -0.497 e. The average molecular weight is 250 g/mol. The van der Waals surface area contributed by atoms with Crippen molar-refractivity contribution in [2.75, 3.05) is 7.11 Å². The van der Waals surface area contributed by atoms with Gasteiger partial charge in [-0.3, -0.25) is 0 Å². The van der Waals surface area contributed by atoms with Crippen LogP contribution in [0.5, 0.6) is 11.5 Å². The first-order chi connectivity index (χ1) is 8.46. The number of fused-ring (bicyclic) bond motifs is 1. The van der Waals surface area contributed by atoms with E-state index in [1.165, 1.54) is 7.11 Å². The predicted octanol–water partition coefficient (Wildman–Crippen LogP) is 1.72. The molecule has 0 atom stereocenters. The Morgan fingerprint density at radius 1 is 1.33 bits per heavy atom. The van der Waals surface area contributed by atoms with Crippen LogP contribution in [0.4, 0.5) is 0 Å². The molecule has 1 aliphatic rings. The van der Waals surface area contributed by atoms with Gasteiger partial charge in [-0.25, -0.2) is 4.79 Å². The van der Waals surface area contributed by atoms with E-state index in [1.807, 2.05) is 0 Å². The highest BCUT2D eigenvalue weighted by atomic mass is 16.7. The Morgan fingerprint density at radius 2 is 2.06 bits per heavy atom. The average Bonchev–Trinajstić information content (AvgIpc) is 2.26. The number of aldehydes is 1. The zero-order chi connectivity index (χ0) is 13.3. The summed E-state index contributed by atoms with van der Waals surface area (Å²) in [5, 5.41) is 0. The molecule has 0 N–H and O–H groups in total. The second kappa shape index (κ2) is 4.33. The summed E-state index contributed by atoms with van der Waals surface area (Å²) in [6.45, 7) is 3.29. The molecule has 0 spiro atoms. The molecule has 5 nitrogen and oxygen atoms in total. The standard InChI is InChI=1S/C13H14O5/c1-13(2)17-10-7-9(16-3)6-8(4-5-14)11(10)12(15)18-13/h5-7H,4H2,1-3H3. The monoisotopic (exact) mass is 250 g/mol. The van der Waals surface area contributed by atoms with Gasteiger partial charge in [0.25, 0.3) is 0 Å². The number of benzene rings is 1. The molecule has 1 aromatic carbocycles. The maximum Gasteiger partial charge on any atom is 0.345 e. The predicted molar refractivity (Wildman–Crippen MR) is 62.9 cm³/mol. The van der Waals surface area contributed by atoms with E-state index in [4.69, 9.17) is 14.2 Å². The topological polar surface area (TPSA) is 61.8 Å². The molecule has 0 amide bonds. The molecule has 0 aliphatic carbocycles. The molecule has 0 saturated carbocycles. The summed E-state index contributed by atoms with van der Waals surface area (Å²) in [6, 6.07) is 3.25. The second-order valence-electron chi connectivity index (χ2n) is 4.42. The van der Waals surface area contributed by atoms with E-state index in [1.54, 1.807) is 26.0 Å². The molecule has 1 heterocycles. The Morgan fingerprint density at radius 3 is 2.67 bits per heavy atom. The molecular weight excluding hydrogens is 236 g/mol. The lowest BCUT2D eigenvalue weighted by Crippen LogP contribution is -2.39. The number of ether oxygens (including phenoxy) is 3. The van der Waals surface area contributed by atoms with Gasteiger partial charge in [-0.2, -0.15) is 0 Å². The van der Waals surface area contributed by atoms with Crippen molar-refractivity contribution in [1.82, 2.24) is 0 Å². The molecular formula is C13H14O5. The van der Waals surface area contributed by atoms with Crippen LogP contribution in [-0.2, 0) is 16.0 Å².